The summed E-state index contributed by atoms with van der Waals surface area (Å²) in [6.45, 7) is 3.58. The third-order valence-electron chi connectivity index (χ3n) is 5.66. The maximum atomic E-state index is 13.7. The summed E-state index contributed by atoms with van der Waals surface area (Å²) in [7, 11) is -0.771. The molecule has 182 valence electrons. The van der Waals surface area contributed by atoms with Crippen LogP contribution in [0.4, 0.5) is 0 Å². The minimum absolute atomic E-state index is 0.141. The van der Waals surface area contributed by atoms with Gasteiger partial charge < -0.3 is 14.6 Å². The Hall–Kier alpha value is -2.46. The second-order valence-corrected chi connectivity index (χ2v) is 11.1. The first kappa shape index (κ1) is 26.2. The number of rotatable bonds is 10. The number of ether oxygens (including phenoxy) is 2. The topological polar surface area (TPSA) is 89.0 Å². The summed E-state index contributed by atoms with van der Waals surface area (Å²) in [6, 6.07) is 17.9. The third-order valence-corrected chi connectivity index (χ3v) is 8.67. The fourth-order valence-electron chi connectivity index (χ4n) is 3.47. The summed E-state index contributed by atoms with van der Waals surface area (Å²) in [4.78, 5) is 4.37. The monoisotopic (exact) mass is 548 g/mol. The van der Waals surface area contributed by atoms with Crippen molar-refractivity contribution in [1.29, 1.82) is 0 Å². The van der Waals surface area contributed by atoms with Crippen molar-refractivity contribution in [2.45, 2.75) is 38.3 Å². The zero-order valence-corrected chi connectivity index (χ0v) is 22.0. The molecule has 0 aliphatic carbocycles. The van der Waals surface area contributed by atoms with Gasteiger partial charge in [0.25, 0.3) is 0 Å². The molecule has 3 aromatic rings. The molecule has 1 aromatic heterocycles. The minimum Gasteiger partial charge on any atom is -0.497 e. The fourth-order valence-corrected chi connectivity index (χ4v) is 5.29. The van der Waals surface area contributed by atoms with E-state index in [0.29, 0.717) is 22.9 Å². The van der Waals surface area contributed by atoms with Crippen LogP contribution in [0.25, 0.3) is 0 Å². The maximum absolute atomic E-state index is 13.7. The molecule has 0 amide bonds. The van der Waals surface area contributed by atoms with Crippen LogP contribution in [0.2, 0.25) is 0 Å². The lowest BCUT2D eigenvalue weighted by molar-refractivity contribution is 0.167. The molecule has 7 nitrogen and oxygen atoms in total. The predicted molar refractivity (Wildman–Crippen MR) is 135 cm³/mol. The Balaban J connectivity index is 1.92. The highest BCUT2D eigenvalue weighted by Crippen LogP contribution is 2.28. The standard InChI is InChI=1S/C25H29BrN2O5S/c1-17-23(26)13-14-24(27-17)25(29)18(2)34(30,31)28(15-19-5-9-21(32-3)10-6-19)16-20-7-11-22(33-4)12-8-20/h5-14,18,25,29H,15-16H2,1-4H3/t18-,25+/m0/s1. The van der Waals surface area contributed by atoms with Crippen LogP contribution in [0.1, 0.15) is 35.5 Å². The van der Waals surface area contributed by atoms with E-state index in [1.165, 1.54) is 11.2 Å². The van der Waals surface area contributed by atoms with Crippen LogP contribution >= 0.6 is 15.9 Å². The molecular weight excluding hydrogens is 520 g/mol. The van der Waals surface area contributed by atoms with Gasteiger partial charge in [-0.25, -0.2) is 8.42 Å². The van der Waals surface area contributed by atoms with E-state index < -0.39 is 21.4 Å². The lowest BCUT2D eigenvalue weighted by atomic mass is 10.1. The maximum Gasteiger partial charge on any atom is 0.220 e. The summed E-state index contributed by atoms with van der Waals surface area (Å²) in [5.41, 5.74) is 2.59. The lowest BCUT2D eigenvalue weighted by Gasteiger charge is -2.28. The van der Waals surface area contributed by atoms with Gasteiger partial charge in [0.2, 0.25) is 10.0 Å². The number of benzene rings is 2. The van der Waals surface area contributed by atoms with Gasteiger partial charge in [0.15, 0.2) is 0 Å². The van der Waals surface area contributed by atoms with Gasteiger partial charge in [0.05, 0.1) is 25.6 Å². The van der Waals surface area contributed by atoms with E-state index in [1.807, 2.05) is 24.3 Å². The van der Waals surface area contributed by atoms with Gasteiger partial charge in [-0.1, -0.05) is 24.3 Å². The average Bonchev–Trinajstić information content (AvgIpc) is 2.85. The molecule has 9 heteroatoms. The quantitative estimate of drug-likeness (QED) is 0.397. The minimum atomic E-state index is -3.93. The molecule has 34 heavy (non-hydrogen) atoms. The van der Waals surface area contributed by atoms with Gasteiger partial charge in [-0.05, 0) is 77.3 Å². The molecule has 0 fully saturated rings. The van der Waals surface area contributed by atoms with Crippen molar-refractivity contribution in [3.8, 4) is 11.5 Å². The molecule has 0 unspecified atom stereocenters. The number of pyridine rings is 1. The number of halogens is 1. The Morgan fingerprint density at radius 1 is 0.912 bits per heavy atom. The van der Waals surface area contributed by atoms with E-state index in [0.717, 1.165) is 15.6 Å². The number of hydrogen-bond acceptors (Lipinski definition) is 6. The van der Waals surface area contributed by atoms with Gasteiger partial charge >= 0.3 is 0 Å². The fraction of sp³-hybridized carbons (Fsp3) is 0.320. The zero-order valence-electron chi connectivity index (χ0n) is 19.6. The summed E-state index contributed by atoms with van der Waals surface area (Å²) in [5, 5.41) is 9.83. The van der Waals surface area contributed by atoms with Gasteiger partial charge in [-0.2, -0.15) is 4.31 Å². The number of hydrogen-bond donors (Lipinski definition) is 1. The molecule has 2 aromatic carbocycles. The molecule has 0 aliphatic heterocycles. The molecule has 1 heterocycles. The van der Waals surface area contributed by atoms with Crippen LogP contribution < -0.4 is 9.47 Å². The van der Waals surface area contributed by atoms with E-state index in [9.17, 15) is 13.5 Å². The lowest BCUT2D eigenvalue weighted by Crippen LogP contribution is -2.39. The smallest absolute Gasteiger partial charge is 0.220 e. The highest BCUT2D eigenvalue weighted by molar-refractivity contribution is 9.10. The van der Waals surface area contributed by atoms with Gasteiger partial charge in [-0.15, -0.1) is 0 Å². The normalized spacial score (nSPS) is 13.5. The Morgan fingerprint density at radius 3 is 1.79 bits per heavy atom. The zero-order chi connectivity index (χ0) is 24.9. The first-order valence-corrected chi connectivity index (χ1v) is 13.0. The van der Waals surface area contributed by atoms with E-state index in [-0.39, 0.29) is 13.1 Å². The number of aliphatic hydroxyl groups is 1. The SMILES string of the molecule is COc1ccc(CN(Cc2ccc(OC)cc2)S(=O)(=O)[C@@H](C)[C@@H](O)c2ccc(Br)c(C)n2)cc1. The molecule has 3 rings (SSSR count). The molecule has 1 N–H and O–H groups in total. The number of nitrogens with zero attached hydrogens (tertiary/aromatic N) is 2. The van der Waals surface area contributed by atoms with Crippen LogP contribution in [0.15, 0.2) is 65.1 Å². The van der Waals surface area contributed by atoms with Crippen molar-refractivity contribution in [2.75, 3.05) is 14.2 Å². The number of aliphatic hydroxyl groups excluding tert-OH is 1. The Kier molecular flexibility index (Phi) is 8.70. The van der Waals surface area contributed by atoms with Gasteiger partial charge in [0, 0.05) is 17.6 Å². The van der Waals surface area contributed by atoms with Crippen molar-refractivity contribution >= 4 is 26.0 Å². The summed E-state index contributed by atoms with van der Waals surface area (Å²) in [6.07, 6.45) is -1.29. The van der Waals surface area contributed by atoms with E-state index in [2.05, 4.69) is 20.9 Å². The Bertz CT molecular complexity index is 1150. The molecular formula is C25H29BrN2O5S. The Morgan fingerprint density at radius 2 is 1.38 bits per heavy atom. The van der Waals surface area contributed by atoms with Crippen LogP contribution in [0.3, 0.4) is 0 Å². The van der Waals surface area contributed by atoms with Crippen molar-refractivity contribution in [2.24, 2.45) is 0 Å². The molecule has 0 aliphatic rings. The second kappa shape index (κ2) is 11.3. The summed E-state index contributed by atoms with van der Waals surface area (Å²) < 4.78 is 40.1. The van der Waals surface area contributed by atoms with Crippen LogP contribution in [0.5, 0.6) is 11.5 Å². The highest BCUT2D eigenvalue weighted by atomic mass is 79.9. The van der Waals surface area contributed by atoms with Crippen molar-refractivity contribution in [3.05, 3.63) is 87.7 Å². The van der Waals surface area contributed by atoms with Gasteiger partial charge in [0.1, 0.15) is 22.9 Å². The van der Waals surface area contributed by atoms with Crippen molar-refractivity contribution < 1.29 is 23.0 Å². The average molecular weight is 549 g/mol. The van der Waals surface area contributed by atoms with E-state index in [4.69, 9.17) is 9.47 Å². The predicted octanol–water partition coefficient (Wildman–Crippen LogP) is 4.62. The van der Waals surface area contributed by atoms with Gasteiger partial charge in [-0.3, -0.25) is 4.98 Å². The van der Waals surface area contributed by atoms with Crippen LogP contribution in [-0.2, 0) is 23.1 Å². The molecule has 0 radical (unpaired) electrons. The van der Waals surface area contributed by atoms with E-state index in [1.54, 1.807) is 57.5 Å². The first-order chi connectivity index (χ1) is 16.1. The van der Waals surface area contributed by atoms with Crippen molar-refractivity contribution in [3.63, 3.8) is 0 Å². The molecule has 0 spiro atoms. The summed E-state index contributed by atoms with van der Waals surface area (Å²) in [5.74, 6) is 1.38. The Labute approximate surface area is 209 Å². The number of methoxy groups -OCH3 is 2. The number of aromatic nitrogens is 1. The second-order valence-electron chi connectivity index (χ2n) is 7.96. The summed E-state index contributed by atoms with van der Waals surface area (Å²) >= 11 is 3.38. The van der Waals surface area contributed by atoms with E-state index >= 15 is 0 Å². The largest absolute Gasteiger partial charge is 0.497 e. The van der Waals surface area contributed by atoms with Crippen LogP contribution in [-0.4, -0.2) is 42.3 Å². The highest BCUT2D eigenvalue weighted by Gasteiger charge is 2.35. The molecule has 0 bridgehead atoms. The number of sulfonamides is 1. The molecule has 0 saturated carbocycles. The van der Waals surface area contributed by atoms with Crippen LogP contribution in [0, 0.1) is 6.92 Å². The molecule has 2 atom stereocenters. The van der Waals surface area contributed by atoms with Crippen molar-refractivity contribution in [1.82, 2.24) is 9.29 Å². The number of aryl methyl sites for hydroxylation is 1. The third kappa shape index (κ3) is 6.15. The molecule has 0 saturated heterocycles. The first-order valence-electron chi connectivity index (χ1n) is 10.7.